The third kappa shape index (κ3) is 2.97. The number of amides is 1. The third-order valence-electron chi connectivity index (χ3n) is 2.43. The van der Waals surface area contributed by atoms with Gasteiger partial charge in [0.25, 0.3) is 0 Å². The fourth-order valence-electron chi connectivity index (χ4n) is 1.45. The van der Waals surface area contributed by atoms with Crippen LogP contribution in [0.4, 0.5) is 0 Å². The maximum Gasteiger partial charge on any atom is 0.223 e. The molecular weight excluding hydrogens is 168 g/mol. The quantitative estimate of drug-likeness (QED) is 0.605. The van der Waals surface area contributed by atoms with E-state index in [1.807, 2.05) is 6.92 Å². The Hall–Kier alpha value is -0.610. The second-order valence-electron chi connectivity index (χ2n) is 3.43. The SMILES string of the molecule is CCN(CCO)C(=O)CC1CNC1. The summed E-state index contributed by atoms with van der Waals surface area (Å²) in [5.41, 5.74) is 0. The van der Waals surface area contributed by atoms with Crippen molar-refractivity contribution in [2.45, 2.75) is 13.3 Å². The minimum absolute atomic E-state index is 0.0580. The summed E-state index contributed by atoms with van der Waals surface area (Å²) >= 11 is 0. The first-order valence-corrected chi connectivity index (χ1v) is 4.87. The van der Waals surface area contributed by atoms with Gasteiger partial charge in [0.2, 0.25) is 5.91 Å². The molecule has 0 unspecified atom stereocenters. The lowest BCUT2D eigenvalue weighted by Crippen LogP contribution is -2.45. The molecule has 0 aromatic rings. The molecule has 0 bridgehead atoms. The summed E-state index contributed by atoms with van der Waals surface area (Å²) in [6.07, 6.45) is 0.626. The van der Waals surface area contributed by atoms with E-state index < -0.39 is 0 Å². The van der Waals surface area contributed by atoms with Gasteiger partial charge in [-0.15, -0.1) is 0 Å². The molecule has 2 N–H and O–H groups in total. The lowest BCUT2D eigenvalue weighted by molar-refractivity contribution is -0.132. The molecule has 1 heterocycles. The molecule has 1 aliphatic heterocycles. The summed E-state index contributed by atoms with van der Waals surface area (Å²) in [7, 11) is 0. The second-order valence-corrected chi connectivity index (χ2v) is 3.43. The molecule has 1 amide bonds. The summed E-state index contributed by atoms with van der Waals surface area (Å²) in [6.45, 7) is 5.08. The Bertz CT molecular complexity index is 169. The molecule has 0 aromatic carbocycles. The van der Waals surface area contributed by atoms with E-state index in [-0.39, 0.29) is 12.5 Å². The number of likely N-dealkylation sites (N-methyl/N-ethyl adjacent to an activating group) is 1. The van der Waals surface area contributed by atoms with E-state index in [9.17, 15) is 4.79 Å². The van der Waals surface area contributed by atoms with Crippen molar-refractivity contribution in [3.63, 3.8) is 0 Å². The van der Waals surface area contributed by atoms with Crippen molar-refractivity contribution >= 4 is 5.91 Å². The van der Waals surface area contributed by atoms with Crippen molar-refractivity contribution < 1.29 is 9.90 Å². The van der Waals surface area contributed by atoms with Crippen LogP contribution in [0.2, 0.25) is 0 Å². The van der Waals surface area contributed by atoms with Gasteiger partial charge >= 0.3 is 0 Å². The molecule has 4 nitrogen and oxygen atoms in total. The van der Waals surface area contributed by atoms with Gasteiger partial charge in [-0.05, 0) is 25.9 Å². The van der Waals surface area contributed by atoms with E-state index in [4.69, 9.17) is 5.11 Å². The number of carbonyl (C=O) groups excluding carboxylic acids is 1. The number of aliphatic hydroxyl groups excluding tert-OH is 1. The summed E-state index contributed by atoms with van der Waals surface area (Å²) in [6, 6.07) is 0. The molecule has 4 heteroatoms. The van der Waals surface area contributed by atoms with Gasteiger partial charge in [-0.3, -0.25) is 4.79 Å². The molecule has 76 valence electrons. The smallest absolute Gasteiger partial charge is 0.223 e. The van der Waals surface area contributed by atoms with E-state index in [1.165, 1.54) is 0 Å². The first kappa shape index (κ1) is 10.5. The molecule has 13 heavy (non-hydrogen) atoms. The Morgan fingerprint density at radius 3 is 2.69 bits per heavy atom. The van der Waals surface area contributed by atoms with Gasteiger partial charge in [0.05, 0.1) is 6.61 Å². The van der Waals surface area contributed by atoms with Gasteiger partial charge in [0, 0.05) is 19.5 Å². The molecular formula is C9H18N2O2. The van der Waals surface area contributed by atoms with Crippen LogP contribution in [0.3, 0.4) is 0 Å². The van der Waals surface area contributed by atoms with Crippen LogP contribution in [-0.4, -0.2) is 48.7 Å². The predicted molar refractivity (Wildman–Crippen MR) is 50.3 cm³/mol. The van der Waals surface area contributed by atoms with Gasteiger partial charge in [0.15, 0.2) is 0 Å². The van der Waals surface area contributed by atoms with Crippen LogP contribution in [-0.2, 0) is 4.79 Å². The molecule has 1 aliphatic rings. The first-order chi connectivity index (χ1) is 6.27. The third-order valence-corrected chi connectivity index (χ3v) is 2.43. The molecule has 1 saturated heterocycles. The van der Waals surface area contributed by atoms with Crippen LogP contribution >= 0.6 is 0 Å². The molecule has 0 saturated carbocycles. The summed E-state index contributed by atoms with van der Waals surface area (Å²) in [5, 5.41) is 11.9. The van der Waals surface area contributed by atoms with E-state index in [0.717, 1.165) is 13.1 Å². The standard InChI is InChI=1S/C9H18N2O2/c1-2-11(3-4-12)9(13)5-8-6-10-7-8/h8,10,12H,2-7H2,1H3. The zero-order valence-corrected chi connectivity index (χ0v) is 8.12. The van der Waals surface area contributed by atoms with Gasteiger partial charge in [-0.1, -0.05) is 0 Å². The van der Waals surface area contributed by atoms with Crippen LogP contribution < -0.4 is 5.32 Å². The summed E-state index contributed by atoms with van der Waals surface area (Å²) in [5.74, 6) is 0.684. The van der Waals surface area contributed by atoms with Crippen LogP contribution in [0.15, 0.2) is 0 Å². The van der Waals surface area contributed by atoms with Crippen LogP contribution in [0, 0.1) is 5.92 Å². The van der Waals surface area contributed by atoms with Crippen molar-refractivity contribution in [1.29, 1.82) is 0 Å². The molecule has 0 radical (unpaired) electrons. The highest BCUT2D eigenvalue weighted by Crippen LogP contribution is 2.10. The zero-order chi connectivity index (χ0) is 9.68. The number of nitrogens with zero attached hydrogens (tertiary/aromatic N) is 1. The first-order valence-electron chi connectivity index (χ1n) is 4.87. The molecule has 0 aliphatic carbocycles. The highest BCUT2D eigenvalue weighted by Gasteiger charge is 2.22. The zero-order valence-electron chi connectivity index (χ0n) is 8.12. The lowest BCUT2D eigenvalue weighted by atomic mass is 9.99. The van der Waals surface area contributed by atoms with Crippen LogP contribution in [0.25, 0.3) is 0 Å². The minimum Gasteiger partial charge on any atom is -0.395 e. The number of rotatable bonds is 5. The predicted octanol–water partition coefficient (Wildman–Crippen LogP) is -0.563. The Balaban J connectivity index is 2.25. The normalized spacial score (nSPS) is 16.8. The summed E-state index contributed by atoms with van der Waals surface area (Å²) in [4.78, 5) is 13.3. The topological polar surface area (TPSA) is 52.6 Å². The van der Waals surface area contributed by atoms with Gasteiger partial charge in [0.1, 0.15) is 0 Å². The van der Waals surface area contributed by atoms with E-state index in [1.54, 1.807) is 4.90 Å². The monoisotopic (exact) mass is 186 g/mol. The number of carbonyl (C=O) groups is 1. The van der Waals surface area contributed by atoms with Crippen molar-refractivity contribution in [1.82, 2.24) is 10.2 Å². The highest BCUT2D eigenvalue weighted by molar-refractivity contribution is 5.76. The second kappa shape index (κ2) is 5.19. The lowest BCUT2D eigenvalue weighted by Gasteiger charge is -2.29. The van der Waals surface area contributed by atoms with Gasteiger partial charge in [-0.25, -0.2) is 0 Å². The Morgan fingerprint density at radius 2 is 2.31 bits per heavy atom. The fourth-order valence-corrected chi connectivity index (χ4v) is 1.45. The van der Waals surface area contributed by atoms with Crippen LogP contribution in [0.5, 0.6) is 0 Å². The number of hydrogen-bond acceptors (Lipinski definition) is 3. The number of aliphatic hydroxyl groups is 1. The van der Waals surface area contributed by atoms with Gasteiger partial charge in [-0.2, -0.15) is 0 Å². The van der Waals surface area contributed by atoms with E-state index >= 15 is 0 Å². The van der Waals surface area contributed by atoms with Gasteiger partial charge < -0.3 is 15.3 Å². The van der Waals surface area contributed by atoms with Crippen molar-refractivity contribution in [2.24, 2.45) is 5.92 Å². The van der Waals surface area contributed by atoms with Crippen molar-refractivity contribution in [3.8, 4) is 0 Å². The average Bonchev–Trinajstić information content (AvgIpc) is 2.07. The largest absolute Gasteiger partial charge is 0.395 e. The van der Waals surface area contributed by atoms with E-state index in [2.05, 4.69) is 5.32 Å². The molecule has 1 rings (SSSR count). The van der Waals surface area contributed by atoms with Crippen molar-refractivity contribution in [2.75, 3.05) is 32.8 Å². The molecule has 1 fully saturated rings. The average molecular weight is 186 g/mol. The maximum absolute atomic E-state index is 11.6. The van der Waals surface area contributed by atoms with Crippen molar-refractivity contribution in [3.05, 3.63) is 0 Å². The number of hydrogen-bond donors (Lipinski definition) is 2. The Morgan fingerprint density at radius 1 is 1.62 bits per heavy atom. The fraction of sp³-hybridized carbons (Fsp3) is 0.889. The van der Waals surface area contributed by atoms with Crippen LogP contribution in [0.1, 0.15) is 13.3 Å². The Kier molecular flexibility index (Phi) is 4.18. The number of nitrogens with one attached hydrogen (secondary N) is 1. The molecule has 0 atom stereocenters. The minimum atomic E-state index is 0.0580. The highest BCUT2D eigenvalue weighted by atomic mass is 16.3. The maximum atomic E-state index is 11.6. The Labute approximate surface area is 78.9 Å². The molecule has 0 aromatic heterocycles. The van der Waals surface area contributed by atoms with E-state index in [0.29, 0.717) is 25.4 Å². The molecule has 0 spiro atoms. The summed E-state index contributed by atoms with van der Waals surface area (Å²) < 4.78 is 0.